The van der Waals surface area contributed by atoms with Gasteiger partial charge in [-0.25, -0.2) is 0 Å². The molecule has 0 bridgehead atoms. The maximum absolute atomic E-state index is 11.5. The lowest BCUT2D eigenvalue weighted by atomic mass is 10.1. The molecule has 1 aromatic carbocycles. The fourth-order valence-corrected chi connectivity index (χ4v) is 1.70. The minimum atomic E-state index is -1.30. The summed E-state index contributed by atoms with van der Waals surface area (Å²) >= 11 is 0. The second kappa shape index (κ2) is 8.19. The zero-order chi connectivity index (χ0) is 15.0. The molecule has 0 aliphatic rings. The Morgan fingerprint density at radius 2 is 1.85 bits per heavy atom. The average Bonchev–Trinajstić information content (AvgIpc) is 2.41. The van der Waals surface area contributed by atoms with Crippen LogP contribution < -0.4 is 4.74 Å². The van der Waals surface area contributed by atoms with Crippen LogP contribution in [0.15, 0.2) is 24.3 Å². The monoisotopic (exact) mass is 280 g/mol. The average molecular weight is 280 g/mol. The molecule has 0 amide bonds. The van der Waals surface area contributed by atoms with Crippen LogP contribution in [0.2, 0.25) is 0 Å². The van der Waals surface area contributed by atoms with Crippen LogP contribution in [0.4, 0.5) is 0 Å². The maximum Gasteiger partial charge on any atom is 0.323 e. The predicted molar refractivity (Wildman–Crippen MR) is 73.7 cm³/mol. The molecule has 0 saturated carbocycles. The summed E-state index contributed by atoms with van der Waals surface area (Å²) in [5.41, 5.74) is 1.19. The Morgan fingerprint density at radius 3 is 2.35 bits per heavy atom. The molecule has 20 heavy (non-hydrogen) atoms. The maximum atomic E-state index is 11.5. The van der Waals surface area contributed by atoms with Gasteiger partial charge in [-0.2, -0.15) is 0 Å². The van der Waals surface area contributed by atoms with E-state index < -0.39 is 17.9 Å². The molecule has 5 heteroatoms. The SMILES string of the molecule is CCCc1ccc(OCC(C(=O)O)C(=O)OCC)cc1. The molecule has 0 radical (unpaired) electrons. The van der Waals surface area contributed by atoms with Crippen LogP contribution in [0.3, 0.4) is 0 Å². The van der Waals surface area contributed by atoms with Crippen LogP contribution in [0.5, 0.6) is 5.75 Å². The fourth-order valence-electron chi connectivity index (χ4n) is 1.70. The molecule has 1 atom stereocenters. The summed E-state index contributed by atoms with van der Waals surface area (Å²) in [5.74, 6) is -2.78. The van der Waals surface area contributed by atoms with Crippen molar-refractivity contribution >= 4 is 11.9 Å². The van der Waals surface area contributed by atoms with Crippen molar-refractivity contribution in [2.24, 2.45) is 5.92 Å². The van der Waals surface area contributed by atoms with Gasteiger partial charge in [-0.05, 0) is 31.0 Å². The topological polar surface area (TPSA) is 72.8 Å². The lowest BCUT2D eigenvalue weighted by Gasteiger charge is -2.13. The number of ether oxygens (including phenoxy) is 2. The highest BCUT2D eigenvalue weighted by molar-refractivity contribution is 5.94. The van der Waals surface area contributed by atoms with Gasteiger partial charge in [0.05, 0.1) is 6.61 Å². The number of hydrogen-bond acceptors (Lipinski definition) is 4. The van der Waals surface area contributed by atoms with Crippen molar-refractivity contribution in [1.82, 2.24) is 0 Å². The summed E-state index contributed by atoms with van der Waals surface area (Å²) < 4.78 is 10.1. The van der Waals surface area contributed by atoms with E-state index in [1.807, 2.05) is 12.1 Å². The van der Waals surface area contributed by atoms with Crippen LogP contribution in [-0.2, 0) is 20.7 Å². The van der Waals surface area contributed by atoms with Crippen LogP contribution in [0.1, 0.15) is 25.8 Å². The summed E-state index contributed by atoms with van der Waals surface area (Å²) in [7, 11) is 0. The minimum Gasteiger partial charge on any atom is -0.492 e. The Kier molecular flexibility index (Phi) is 6.56. The van der Waals surface area contributed by atoms with Gasteiger partial charge in [0.1, 0.15) is 12.4 Å². The lowest BCUT2D eigenvalue weighted by molar-refractivity contribution is -0.159. The van der Waals surface area contributed by atoms with Gasteiger partial charge in [-0.1, -0.05) is 25.5 Å². The molecular formula is C15H20O5. The summed E-state index contributed by atoms with van der Waals surface area (Å²) in [6, 6.07) is 7.40. The van der Waals surface area contributed by atoms with Gasteiger partial charge in [0.2, 0.25) is 0 Å². The van der Waals surface area contributed by atoms with Gasteiger partial charge in [-0.15, -0.1) is 0 Å². The van der Waals surface area contributed by atoms with Crippen molar-refractivity contribution in [1.29, 1.82) is 0 Å². The van der Waals surface area contributed by atoms with E-state index in [2.05, 4.69) is 6.92 Å². The van der Waals surface area contributed by atoms with Gasteiger partial charge >= 0.3 is 11.9 Å². The molecule has 0 aliphatic carbocycles. The molecule has 0 aliphatic heterocycles. The third kappa shape index (κ3) is 4.91. The number of hydrogen-bond donors (Lipinski definition) is 1. The normalized spacial score (nSPS) is 11.7. The molecular weight excluding hydrogens is 260 g/mol. The molecule has 1 rings (SSSR count). The third-order valence-corrected chi connectivity index (χ3v) is 2.75. The quantitative estimate of drug-likeness (QED) is 0.584. The molecule has 0 spiro atoms. The fraction of sp³-hybridized carbons (Fsp3) is 0.467. The standard InChI is InChI=1S/C15H20O5/c1-3-5-11-6-8-12(9-7-11)20-10-13(14(16)17)15(18)19-4-2/h6-9,13H,3-5,10H2,1-2H3,(H,16,17). The van der Waals surface area contributed by atoms with Crippen molar-refractivity contribution in [2.75, 3.05) is 13.2 Å². The molecule has 5 nitrogen and oxygen atoms in total. The van der Waals surface area contributed by atoms with E-state index in [0.29, 0.717) is 5.75 Å². The van der Waals surface area contributed by atoms with E-state index >= 15 is 0 Å². The van der Waals surface area contributed by atoms with Crippen molar-refractivity contribution in [3.8, 4) is 5.75 Å². The van der Waals surface area contributed by atoms with Gasteiger partial charge in [0, 0.05) is 0 Å². The second-order valence-corrected chi connectivity index (χ2v) is 4.35. The first-order valence-corrected chi connectivity index (χ1v) is 6.69. The number of rotatable bonds is 8. The molecule has 0 fully saturated rings. The van der Waals surface area contributed by atoms with E-state index in [0.717, 1.165) is 12.8 Å². The summed E-state index contributed by atoms with van der Waals surface area (Å²) in [5, 5.41) is 8.98. The highest BCUT2D eigenvalue weighted by Crippen LogP contribution is 2.15. The largest absolute Gasteiger partial charge is 0.492 e. The first-order valence-electron chi connectivity index (χ1n) is 6.69. The lowest BCUT2D eigenvalue weighted by Crippen LogP contribution is -2.31. The Bertz CT molecular complexity index is 438. The number of aryl methyl sites for hydroxylation is 1. The number of benzene rings is 1. The highest BCUT2D eigenvalue weighted by atomic mass is 16.5. The molecule has 110 valence electrons. The number of carboxylic acid groups (broad SMARTS) is 1. The summed E-state index contributed by atoms with van der Waals surface area (Å²) in [4.78, 5) is 22.5. The van der Waals surface area contributed by atoms with E-state index in [4.69, 9.17) is 14.6 Å². The van der Waals surface area contributed by atoms with E-state index in [1.54, 1.807) is 19.1 Å². The Morgan fingerprint density at radius 1 is 1.20 bits per heavy atom. The molecule has 1 N–H and O–H groups in total. The molecule has 0 aromatic heterocycles. The van der Waals surface area contributed by atoms with E-state index in [-0.39, 0.29) is 13.2 Å². The van der Waals surface area contributed by atoms with Crippen molar-refractivity contribution in [3.63, 3.8) is 0 Å². The number of carbonyl (C=O) groups is 2. The smallest absolute Gasteiger partial charge is 0.323 e. The first kappa shape index (κ1) is 16.0. The van der Waals surface area contributed by atoms with Crippen LogP contribution in [0, 0.1) is 5.92 Å². The van der Waals surface area contributed by atoms with E-state index in [9.17, 15) is 9.59 Å². The second-order valence-electron chi connectivity index (χ2n) is 4.35. The van der Waals surface area contributed by atoms with E-state index in [1.165, 1.54) is 5.56 Å². The Hall–Kier alpha value is -2.04. The van der Waals surface area contributed by atoms with Gasteiger partial charge in [0.25, 0.3) is 0 Å². The Labute approximate surface area is 118 Å². The Balaban J connectivity index is 2.58. The third-order valence-electron chi connectivity index (χ3n) is 2.75. The van der Waals surface area contributed by atoms with Crippen molar-refractivity contribution in [3.05, 3.63) is 29.8 Å². The molecule has 1 aromatic rings. The first-order chi connectivity index (χ1) is 9.58. The van der Waals surface area contributed by atoms with Gasteiger partial charge in [0.15, 0.2) is 5.92 Å². The number of esters is 1. The van der Waals surface area contributed by atoms with Crippen molar-refractivity contribution < 1.29 is 24.2 Å². The number of carboxylic acids is 1. The summed E-state index contributed by atoms with van der Waals surface area (Å²) in [6.45, 7) is 3.64. The van der Waals surface area contributed by atoms with Crippen LogP contribution in [0.25, 0.3) is 0 Å². The van der Waals surface area contributed by atoms with Gasteiger partial charge in [-0.3, -0.25) is 9.59 Å². The predicted octanol–water partition coefficient (Wildman–Crippen LogP) is 2.28. The summed E-state index contributed by atoms with van der Waals surface area (Å²) in [6.07, 6.45) is 2.05. The number of aliphatic carboxylic acids is 1. The zero-order valence-corrected chi connectivity index (χ0v) is 11.8. The van der Waals surface area contributed by atoms with Crippen LogP contribution in [-0.4, -0.2) is 30.3 Å². The van der Waals surface area contributed by atoms with Gasteiger partial charge < -0.3 is 14.6 Å². The van der Waals surface area contributed by atoms with Crippen molar-refractivity contribution in [2.45, 2.75) is 26.7 Å². The minimum absolute atomic E-state index is 0.147. The number of carbonyl (C=O) groups excluding carboxylic acids is 1. The molecule has 0 heterocycles. The van der Waals surface area contributed by atoms with Crippen LogP contribution >= 0.6 is 0 Å². The molecule has 0 saturated heterocycles. The highest BCUT2D eigenvalue weighted by Gasteiger charge is 2.28. The zero-order valence-electron chi connectivity index (χ0n) is 11.8. The molecule has 1 unspecified atom stereocenters.